The molecule has 0 saturated heterocycles. The number of halogens is 4. The summed E-state index contributed by atoms with van der Waals surface area (Å²) >= 11 is 25.5. The van der Waals surface area contributed by atoms with Crippen molar-refractivity contribution in [1.29, 1.82) is 0 Å². The molecule has 0 aliphatic carbocycles. The van der Waals surface area contributed by atoms with E-state index in [2.05, 4.69) is 4.98 Å². The van der Waals surface area contributed by atoms with E-state index in [1.165, 1.54) is 0 Å². The minimum atomic E-state index is 0.183. The fourth-order valence-corrected chi connectivity index (χ4v) is 3.73. The van der Waals surface area contributed by atoms with Crippen LogP contribution < -0.4 is 0 Å². The van der Waals surface area contributed by atoms with E-state index in [4.69, 9.17) is 51.4 Å². The highest BCUT2D eigenvalue weighted by Crippen LogP contribution is 2.45. The molecule has 0 amide bonds. The molecule has 0 saturated carbocycles. The minimum Gasteiger partial charge on any atom is -0.227 e. The van der Waals surface area contributed by atoms with E-state index >= 15 is 0 Å². The van der Waals surface area contributed by atoms with E-state index in [9.17, 15) is 0 Å². The van der Waals surface area contributed by atoms with Crippen LogP contribution in [0.2, 0.25) is 20.1 Å². The Labute approximate surface area is 170 Å². The van der Waals surface area contributed by atoms with Gasteiger partial charge in [-0.05, 0) is 0 Å². The Balaban J connectivity index is 2.16. The first-order valence-corrected chi connectivity index (χ1v) is 9.23. The van der Waals surface area contributed by atoms with Crippen LogP contribution in [0.25, 0.3) is 33.5 Å². The molecule has 4 aromatic rings. The molecule has 4 rings (SSSR count). The predicted octanol–water partition coefficient (Wildman–Crippen LogP) is 7.58. The van der Waals surface area contributed by atoms with Gasteiger partial charge in [-0.3, -0.25) is 0 Å². The number of hydrogen-bond donors (Lipinski definition) is 0. The third kappa shape index (κ3) is 2.93. The zero-order valence-electron chi connectivity index (χ0n) is 13.2. The standard InChI is InChI=1S/C20H10Cl4N2/c21-14-13-18(11-7-3-1-4-8-11)25-20(12-9-5-2-6-10-12)26-19(13)17(24)16(23)15(14)22/h1-10H. The Hall–Kier alpha value is -1.84. The summed E-state index contributed by atoms with van der Waals surface area (Å²) in [6, 6.07) is 19.3. The maximum Gasteiger partial charge on any atom is 0.160 e. The molecule has 128 valence electrons. The van der Waals surface area contributed by atoms with Crippen molar-refractivity contribution in [3.05, 3.63) is 80.8 Å². The fraction of sp³-hybridized carbons (Fsp3) is 0. The van der Waals surface area contributed by atoms with E-state index in [0.717, 1.165) is 11.1 Å². The molecule has 0 spiro atoms. The lowest BCUT2D eigenvalue weighted by Crippen LogP contribution is -1.97. The highest BCUT2D eigenvalue weighted by Gasteiger charge is 2.21. The summed E-state index contributed by atoms with van der Waals surface area (Å²) in [4.78, 5) is 9.38. The maximum absolute atomic E-state index is 6.50. The second-order valence-electron chi connectivity index (χ2n) is 5.61. The van der Waals surface area contributed by atoms with Gasteiger partial charge in [0, 0.05) is 16.5 Å². The van der Waals surface area contributed by atoms with Crippen molar-refractivity contribution in [2.75, 3.05) is 0 Å². The van der Waals surface area contributed by atoms with Gasteiger partial charge in [0.05, 0.1) is 31.3 Å². The van der Waals surface area contributed by atoms with Gasteiger partial charge in [-0.25, -0.2) is 9.97 Å². The van der Waals surface area contributed by atoms with Gasteiger partial charge in [0.1, 0.15) is 0 Å². The Morgan fingerprint density at radius 2 is 1.08 bits per heavy atom. The molecule has 3 aromatic carbocycles. The first-order chi connectivity index (χ1) is 12.6. The molecule has 0 aliphatic rings. The second kappa shape index (κ2) is 7.05. The quantitative estimate of drug-likeness (QED) is 0.247. The van der Waals surface area contributed by atoms with E-state index in [0.29, 0.717) is 22.4 Å². The number of fused-ring (bicyclic) bond motifs is 1. The lowest BCUT2D eigenvalue weighted by molar-refractivity contribution is 1.23. The van der Waals surface area contributed by atoms with Gasteiger partial charge in [-0.15, -0.1) is 0 Å². The summed E-state index contributed by atoms with van der Waals surface area (Å²) in [6.45, 7) is 0. The molecule has 0 unspecified atom stereocenters. The zero-order chi connectivity index (χ0) is 18.3. The van der Waals surface area contributed by atoms with Gasteiger partial charge in [0.2, 0.25) is 0 Å². The summed E-state index contributed by atoms with van der Waals surface area (Å²) in [7, 11) is 0. The van der Waals surface area contributed by atoms with Gasteiger partial charge in [-0.1, -0.05) is 107 Å². The van der Waals surface area contributed by atoms with Crippen LogP contribution in [0.4, 0.5) is 0 Å². The monoisotopic (exact) mass is 418 g/mol. The minimum absolute atomic E-state index is 0.183. The molecule has 0 radical (unpaired) electrons. The van der Waals surface area contributed by atoms with Crippen LogP contribution >= 0.6 is 46.4 Å². The van der Waals surface area contributed by atoms with E-state index in [1.807, 2.05) is 60.7 Å². The van der Waals surface area contributed by atoms with Gasteiger partial charge >= 0.3 is 0 Å². The zero-order valence-corrected chi connectivity index (χ0v) is 16.2. The summed E-state index contributed by atoms with van der Waals surface area (Å²) in [5.74, 6) is 0.535. The van der Waals surface area contributed by atoms with Crippen LogP contribution in [-0.4, -0.2) is 9.97 Å². The van der Waals surface area contributed by atoms with Crippen LogP contribution in [0.1, 0.15) is 0 Å². The van der Waals surface area contributed by atoms with E-state index in [-0.39, 0.29) is 20.1 Å². The average molecular weight is 420 g/mol. The van der Waals surface area contributed by atoms with Gasteiger partial charge in [-0.2, -0.15) is 0 Å². The smallest absolute Gasteiger partial charge is 0.160 e. The molecule has 1 aromatic heterocycles. The maximum atomic E-state index is 6.50. The summed E-state index contributed by atoms with van der Waals surface area (Å²) in [6.07, 6.45) is 0. The molecule has 26 heavy (non-hydrogen) atoms. The Bertz CT molecular complexity index is 1110. The molecule has 0 fully saturated rings. The van der Waals surface area contributed by atoms with Crippen molar-refractivity contribution in [1.82, 2.24) is 9.97 Å². The Morgan fingerprint density at radius 1 is 0.538 bits per heavy atom. The first kappa shape index (κ1) is 17.6. The molecular weight excluding hydrogens is 410 g/mol. The van der Waals surface area contributed by atoms with Gasteiger partial charge in [0.25, 0.3) is 0 Å². The second-order valence-corrected chi connectivity index (χ2v) is 7.12. The van der Waals surface area contributed by atoms with Crippen molar-refractivity contribution in [3.8, 4) is 22.6 Å². The highest BCUT2D eigenvalue weighted by atomic mass is 35.5. The summed E-state index contributed by atoms with van der Waals surface area (Å²) in [5.41, 5.74) is 2.87. The molecular formula is C20H10Cl4N2. The molecule has 0 N–H and O–H groups in total. The Morgan fingerprint density at radius 3 is 1.69 bits per heavy atom. The molecule has 6 heteroatoms. The molecule has 0 atom stereocenters. The fourth-order valence-electron chi connectivity index (χ4n) is 2.76. The van der Waals surface area contributed by atoms with Crippen molar-refractivity contribution >= 4 is 57.3 Å². The van der Waals surface area contributed by atoms with Gasteiger partial charge < -0.3 is 0 Å². The van der Waals surface area contributed by atoms with Crippen LogP contribution in [-0.2, 0) is 0 Å². The SMILES string of the molecule is Clc1c(Cl)c(Cl)c2c(-c3ccccc3)nc(-c3ccccc3)nc2c1Cl. The third-order valence-electron chi connectivity index (χ3n) is 3.99. The highest BCUT2D eigenvalue weighted by molar-refractivity contribution is 6.55. The lowest BCUT2D eigenvalue weighted by Gasteiger charge is -2.14. The van der Waals surface area contributed by atoms with E-state index < -0.39 is 0 Å². The van der Waals surface area contributed by atoms with Crippen molar-refractivity contribution < 1.29 is 0 Å². The number of hydrogen-bond acceptors (Lipinski definition) is 2. The molecule has 2 nitrogen and oxygen atoms in total. The number of rotatable bonds is 2. The number of aromatic nitrogens is 2. The van der Waals surface area contributed by atoms with Crippen molar-refractivity contribution in [2.24, 2.45) is 0 Å². The van der Waals surface area contributed by atoms with Gasteiger partial charge in [0.15, 0.2) is 5.82 Å². The van der Waals surface area contributed by atoms with E-state index in [1.54, 1.807) is 0 Å². The summed E-state index contributed by atoms with van der Waals surface area (Å²) in [5, 5.41) is 1.50. The Kier molecular flexibility index (Phi) is 4.76. The molecule has 0 aliphatic heterocycles. The van der Waals surface area contributed by atoms with Crippen molar-refractivity contribution in [3.63, 3.8) is 0 Å². The van der Waals surface area contributed by atoms with Crippen molar-refractivity contribution in [2.45, 2.75) is 0 Å². The van der Waals surface area contributed by atoms with Crippen LogP contribution in [0.15, 0.2) is 60.7 Å². The lowest BCUT2D eigenvalue weighted by atomic mass is 10.1. The van der Waals surface area contributed by atoms with Crippen LogP contribution in [0.3, 0.4) is 0 Å². The van der Waals surface area contributed by atoms with Crippen LogP contribution in [0.5, 0.6) is 0 Å². The topological polar surface area (TPSA) is 25.8 Å². The largest absolute Gasteiger partial charge is 0.227 e. The number of benzene rings is 3. The molecule has 0 bridgehead atoms. The van der Waals surface area contributed by atoms with Crippen LogP contribution in [0, 0.1) is 0 Å². The molecule has 1 heterocycles. The third-order valence-corrected chi connectivity index (χ3v) is 5.79. The normalized spacial score (nSPS) is 11.1. The predicted molar refractivity (Wildman–Crippen MR) is 110 cm³/mol. The number of nitrogens with zero attached hydrogens (tertiary/aromatic N) is 2. The summed E-state index contributed by atoms with van der Waals surface area (Å²) < 4.78 is 0. The first-order valence-electron chi connectivity index (χ1n) is 7.72. The average Bonchev–Trinajstić information content (AvgIpc) is 2.71.